The summed E-state index contributed by atoms with van der Waals surface area (Å²) in [6, 6.07) is 6.81. The first kappa shape index (κ1) is 14.3. The van der Waals surface area contributed by atoms with Gasteiger partial charge in [-0.3, -0.25) is 0 Å². The van der Waals surface area contributed by atoms with Gasteiger partial charge in [-0.05, 0) is 79.5 Å². The average Bonchev–Trinajstić information content (AvgIpc) is 3.36. The Bertz CT molecular complexity index is 633. The smallest absolute Gasteiger partial charge is 0.119 e. The van der Waals surface area contributed by atoms with Crippen molar-refractivity contribution in [2.75, 3.05) is 13.7 Å². The second kappa shape index (κ2) is 4.75. The molecule has 1 aliphatic heterocycles. The van der Waals surface area contributed by atoms with Crippen LogP contribution in [0.15, 0.2) is 18.2 Å². The van der Waals surface area contributed by atoms with Crippen molar-refractivity contribution in [2.24, 2.45) is 17.3 Å². The highest BCUT2D eigenvalue weighted by molar-refractivity contribution is 5.40. The van der Waals surface area contributed by atoms with Gasteiger partial charge < -0.3 is 9.47 Å². The van der Waals surface area contributed by atoms with Gasteiger partial charge in [-0.2, -0.15) is 0 Å². The molecule has 2 saturated carbocycles. The minimum Gasteiger partial charge on any atom is -0.497 e. The number of ether oxygens (including phenoxy) is 2. The van der Waals surface area contributed by atoms with E-state index in [4.69, 9.17) is 9.47 Å². The summed E-state index contributed by atoms with van der Waals surface area (Å²) in [5, 5.41) is 0. The third kappa shape index (κ3) is 1.85. The van der Waals surface area contributed by atoms with Gasteiger partial charge in [0.15, 0.2) is 0 Å². The SMILES string of the molecule is COc1ccc2c(c1)CC[C@@H]1C2CC[C@@]2(C)[C@H]1CCC[C@]21CO1. The van der Waals surface area contributed by atoms with Gasteiger partial charge in [-0.15, -0.1) is 0 Å². The molecule has 1 unspecified atom stereocenters. The molecule has 0 N–H and O–H groups in total. The number of fused-ring (bicyclic) bond motifs is 6. The van der Waals surface area contributed by atoms with Crippen LogP contribution in [0.25, 0.3) is 0 Å². The molecule has 5 atom stereocenters. The van der Waals surface area contributed by atoms with E-state index in [1.54, 1.807) is 18.2 Å². The third-order valence-corrected chi connectivity index (χ3v) is 7.95. The van der Waals surface area contributed by atoms with Crippen LogP contribution >= 0.6 is 0 Å². The molecule has 23 heavy (non-hydrogen) atoms. The van der Waals surface area contributed by atoms with Crippen LogP contribution in [-0.2, 0) is 11.2 Å². The Morgan fingerprint density at radius 3 is 2.83 bits per heavy atom. The molecule has 1 aromatic carbocycles. The molecule has 0 radical (unpaired) electrons. The predicted octanol–water partition coefficient (Wildman–Crippen LogP) is 4.71. The van der Waals surface area contributed by atoms with E-state index in [0.717, 1.165) is 30.1 Å². The van der Waals surface area contributed by atoms with Crippen molar-refractivity contribution < 1.29 is 9.47 Å². The maximum absolute atomic E-state index is 6.07. The lowest BCUT2D eigenvalue weighted by atomic mass is 9.48. The number of rotatable bonds is 1. The Morgan fingerprint density at radius 2 is 2.04 bits per heavy atom. The van der Waals surface area contributed by atoms with Crippen molar-refractivity contribution in [3.05, 3.63) is 29.3 Å². The largest absolute Gasteiger partial charge is 0.497 e. The van der Waals surface area contributed by atoms with Gasteiger partial charge in [0.2, 0.25) is 0 Å². The van der Waals surface area contributed by atoms with E-state index in [1.807, 2.05) is 0 Å². The highest BCUT2D eigenvalue weighted by Crippen LogP contribution is 2.66. The number of hydrogen-bond donors (Lipinski definition) is 0. The van der Waals surface area contributed by atoms with Crippen LogP contribution in [0.4, 0.5) is 0 Å². The normalized spacial score (nSPS) is 44.2. The molecule has 4 aliphatic rings. The Morgan fingerprint density at radius 1 is 1.17 bits per heavy atom. The second-order valence-electron chi connectivity index (χ2n) is 8.61. The first-order valence-corrected chi connectivity index (χ1v) is 9.48. The van der Waals surface area contributed by atoms with E-state index < -0.39 is 0 Å². The minimum absolute atomic E-state index is 0.265. The molecule has 1 spiro atoms. The number of hydrogen-bond acceptors (Lipinski definition) is 2. The van der Waals surface area contributed by atoms with Gasteiger partial charge in [-0.25, -0.2) is 0 Å². The molecule has 1 saturated heterocycles. The van der Waals surface area contributed by atoms with Crippen LogP contribution in [0.5, 0.6) is 5.75 Å². The fraction of sp³-hybridized carbons (Fsp3) is 0.714. The summed E-state index contributed by atoms with van der Waals surface area (Å²) in [6.45, 7) is 3.59. The van der Waals surface area contributed by atoms with Crippen molar-refractivity contribution in [1.29, 1.82) is 0 Å². The van der Waals surface area contributed by atoms with Crippen molar-refractivity contribution in [2.45, 2.75) is 63.4 Å². The highest BCUT2D eigenvalue weighted by Gasteiger charge is 2.66. The summed E-state index contributed by atoms with van der Waals surface area (Å²) in [7, 11) is 1.77. The number of epoxide rings is 1. The summed E-state index contributed by atoms with van der Waals surface area (Å²) >= 11 is 0. The zero-order chi connectivity index (χ0) is 15.7. The summed E-state index contributed by atoms with van der Waals surface area (Å²) in [5.41, 5.74) is 3.88. The van der Waals surface area contributed by atoms with Crippen molar-refractivity contribution >= 4 is 0 Å². The van der Waals surface area contributed by atoms with Gasteiger partial charge in [0, 0.05) is 5.41 Å². The Kier molecular flexibility index (Phi) is 2.96. The molecule has 124 valence electrons. The fourth-order valence-corrected chi connectivity index (χ4v) is 6.56. The predicted molar refractivity (Wildman–Crippen MR) is 90.9 cm³/mol. The monoisotopic (exact) mass is 312 g/mol. The summed E-state index contributed by atoms with van der Waals surface area (Å²) in [6.07, 6.45) is 9.40. The Balaban J connectivity index is 1.51. The second-order valence-corrected chi connectivity index (χ2v) is 8.61. The lowest BCUT2D eigenvalue weighted by molar-refractivity contribution is -0.0658. The molecule has 2 nitrogen and oxygen atoms in total. The number of benzene rings is 1. The summed E-state index contributed by atoms with van der Waals surface area (Å²) in [4.78, 5) is 0. The maximum Gasteiger partial charge on any atom is 0.119 e. The molecule has 1 heterocycles. The number of aryl methyl sites for hydroxylation is 1. The lowest BCUT2D eigenvalue weighted by Crippen LogP contribution is -2.53. The first-order valence-electron chi connectivity index (χ1n) is 9.48. The molecule has 3 aliphatic carbocycles. The van der Waals surface area contributed by atoms with Crippen LogP contribution in [0, 0.1) is 17.3 Å². The molecule has 3 fully saturated rings. The zero-order valence-electron chi connectivity index (χ0n) is 14.4. The van der Waals surface area contributed by atoms with Crippen molar-refractivity contribution in [3.63, 3.8) is 0 Å². The molecular weight excluding hydrogens is 284 g/mol. The van der Waals surface area contributed by atoms with E-state index in [1.165, 1.54) is 44.9 Å². The van der Waals surface area contributed by atoms with E-state index in [-0.39, 0.29) is 5.60 Å². The topological polar surface area (TPSA) is 21.8 Å². The lowest BCUT2D eigenvalue weighted by Gasteiger charge is -2.56. The summed E-state index contributed by atoms with van der Waals surface area (Å²) < 4.78 is 11.5. The van der Waals surface area contributed by atoms with Crippen molar-refractivity contribution in [3.8, 4) is 5.75 Å². The quantitative estimate of drug-likeness (QED) is 0.700. The zero-order valence-corrected chi connectivity index (χ0v) is 14.4. The van der Waals surface area contributed by atoms with Crippen LogP contribution in [-0.4, -0.2) is 19.3 Å². The van der Waals surface area contributed by atoms with Crippen molar-refractivity contribution in [1.82, 2.24) is 0 Å². The van der Waals surface area contributed by atoms with Gasteiger partial charge in [-0.1, -0.05) is 19.4 Å². The molecular formula is C21H28O2. The standard InChI is InChI=1S/C21H28O2/c1-20-11-9-17-16-8-6-15(22-2)12-14(16)5-7-18(17)19(20)4-3-10-21(20)13-23-21/h6,8,12,17-19H,3-5,7,9-11,13H2,1-2H3/t17?,18-,19+,20+,21+/m1/s1. The molecule has 5 rings (SSSR count). The molecule has 1 aromatic rings. The van der Waals surface area contributed by atoms with Gasteiger partial charge in [0.05, 0.1) is 19.3 Å². The van der Waals surface area contributed by atoms with E-state index in [2.05, 4.69) is 25.1 Å². The Labute approximate surface area is 139 Å². The third-order valence-electron chi connectivity index (χ3n) is 7.95. The molecule has 0 bridgehead atoms. The number of methoxy groups -OCH3 is 1. The van der Waals surface area contributed by atoms with Crippen LogP contribution in [0.2, 0.25) is 0 Å². The highest BCUT2D eigenvalue weighted by atomic mass is 16.6. The van der Waals surface area contributed by atoms with Gasteiger partial charge in [0.25, 0.3) is 0 Å². The average molecular weight is 312 g/mol. The van der Waals surface area contributed by atoms with Crippen LogP contribution in [0.3, 0.4) is 0 Å². The van der Waals surface area contributed by atoms with Gasteiger partial charge in [0.1, 0.15) is 5.75 Å². The van der Waals surface area contributed by atoms with Crippen LogP contribution < -0.4 is 4.74 Å². The van der Waals surface area contributed by atoms with E-state index >= 15 is 0 Å². The summed E-state index contributed by atoms with van der Waals surface area (Å²) in [5.74, 6) is 3.53. The van der Waals surface area contributed by atoms with E-state index in [9.17, 15) is 0 Å². The van der Waals surface area contributed by atoms with Gasteiger partial charge >= 0.3 is 0 Å². The minimum atomic E-state index is 0.265. The maximum atomic E-state index is 6.07. The molecule has 0 amide bonds. The molecule has 0 aromatic heterocycles. The van der Waals surface area contributed by atoms with E-state index in [0.29, 0.717) is 5.41 Å². The molecule has 2 heteroatoms. The first-order chi connectivity index (χ1) is 11.2. The van der Waals surface area contributed by atoms with Crippen LogP contribution in [0.1, 0.15) is 62.5 Å². The fourth-order valence-electron chi connectivity index (χ4n) is 6.56. The Hall–Kier alpha value is -1.02.